The van der Waals surface area contributed by atoms with Crippen molar-refractivity contribution in [1.82, 2.24) is 0 Å². The van der Waals surface area contributed by atoms with E-state index in [2.05, 4.69) is 29.4 Å². The molecule has 1 atom stereocenters. The summed E-state index contributed by atoms with van der Waals surface area (Å²) in [6.07, 6.45) is 4.42. The maximum atomic E-state index is 9.84. The maximum absolute atomic E-state index is 9.84. The molecule has 0 saturated carbocycles. The molecule has 122 valence electrons. The lowest BCUT2D eigenvalue weighted by molar-refractivity contribution is -0.935. The van der Waals surface area contributed by atoms with Gasteiger partial charge in [0, 0.05) is 11.8 Å². The van der Waals surface area contributed by atoms with Crippen molar-refractivity contribution in [2.45, 2.75) is 25.8 Å². The van der Waals surface area contributed by atoms with E-state index in [-0.39, 0.29) is 0 Å². The number of phenolic OH excluding ortho intramolecular Hbond substituents is 1. The van der Waals surface area contributed by atoms with Crippen LogP contribution in [0, 0.1) is 5.92 Å². The van der Waals surface area contributed by atoms with E-state index in [1.54, 1.807) is 11.0 Å². The van der Waals surface area contributed by atoms with Crippen LogP contribution in [0.4, 0.5) is 0 Å². The van der Waals surface area contributed by atoms with Gasteiger partial charge >= 0.3 is 0 Å². The average Bonchev–Trinajstić information content (AvgIpc) is 3.08. The number of rotatable bonds is 5. The number of para-hydroxylation sites is 1. The topological polar surface area (TPSA) is 37.0 Å². The monoisotopic (exact) mass is 329 g/mol. The number of aliphatic imine (C=N–C) groups is 1. The molecule has 0 aliphatic carbocycles. The van der Waals surface area contributed by atoms with E-state index in [0.717, 1.165) is 18.0 Å². The lowest BCUT2D eigenvalue weighted by Gasteiger charge is -2.32. The molecule has 0 amide bonds. The Kier molecular flexibility index (Phi) is 5.47. The number of hydrogen-bond acceptors (Lipinski definition) is 3. The van der Waals surface area contributed by atoms with Crippen LogP contribution in [0.5, 0.6) is 5.75 Å². The van der Waals surface area contributed by atoms with Crippen molar-refractivity contribution in [2.24, 2.45) is 10.9 Å². The van der Waals surface area contributed by atoms with E-state index in [9.17, 15) is 5.11 Å². The van der Waals surface area contributed by atoms with Crippen molar-refractivity contribution in [3.63, 3.8) is 0 Å². The summed E-state index contributed by atoms with van der Waals surface area (Å²) >= 11 is 1.83. The number of likely N-dealkylation sites (tertiary alicyclic amines) is 1. The van der Waals surface area contributed by atoms with Gasteiger partial charge in [-0.2, -0.15) is 0 Å². The second-order valence-electron chi connectivity index (χ2n) is 6.46. The molecule has 3 rings (SSSR count). The minimum atomic E-state index is 0.295. The number of quaternary nitrogens is 1. The van der Waals surface area contributed by atoms with E-state index in [1.165, 1.54) is 30.8 Å². The fourth-order valence-corrected chi connectivity index (χ4v) is 4.12. The number of thiophene rings is 1. The summed E-state index contributed by atoms with van der Waals surface area (Å²) in [6, 6.07) is 12.2. The van der Waals surface area contributed by atoms with Crippen molar-refractivity contribution in [3.05, 3.63) is 52.2 Å². The Morgan fingerprint density at radius 3 is 2.74 bits per heavy atom. The zero-order chi connectivity index (χ0) is 16.1. The molecule has 0 unspecified atom stereocenters. The van der Waals surface area contributed by atoms with Gasteiger partial charge in [-0.25, -0.2) is 0 Å². The molecule has 2 heterocycles. The van der Waals surface area contributed by atoms with Crippen LogP contribution in [0.1, 0.15) is 36.2 Å². The lowest BCUT2D eigenvalue weighted by Crippen LogP contribution is -3.13. The van der Waals surface area contributed by atoms with Crippen LogP contribution in [0.3, 0.4) is 0 Å². The molecule has 1 aliphatic rings. The first-order valence-electron chi connectivity index (χ1n) is 8.40. The van der Waals surface area contributed by atoms with Gasteiger partial charge in [0.1, 0.15) is 11.8 Å². The summed E-state index contributed by atoms with van der Waals surface area (Å²) in [5.74, 6) is 1.15. The van der Waals surface area contributed by atoms with Crippen LogP contribution >= 0.6 is 11.3 Å². The maximum Gasteiger partial charge on any atom is 0.142 e. The molecule has 3 nitrogen and oxygen atoms in total. The molecule has 0 bridgehead atoms. The quantitative estimate of drug-likeness (QED) is 0.813. The molecular formula is C19H25N2OS+. The van der Waals surface area contributed by atoms with Gasteiger partial charge in [-0.1, -0.05) is 25.1 Å². The van der Waals surface area contributed by atoms with Crippen LogP contribution in [-0.4, -0.2) is 31.0 Å². The fourth-order valence-electron chi connectivity index (χ4n) is 3.24. The molecule has 2 N–H and O–H groups in total. The molecule has 2 aromatic rings. The van der Waals surface area contributed by atoms with Crippen LogP contribution in [-0.2, 0) is 0 Å². The largest absolute Gasteiger partial charge is 0.507 e. The standard InChI is InChI=1S/C19H24N2OS/c1-15-8-10-21(11-9-15)17(19-7-4-12-23-19)14-20-13-16-5-2-3-6-18(16)22/h2-7,12-13,15,17,22H,8-11,14H2,1H3/p+1/t17-/m1/s1. The number of piperidine rings is 1. The summed E-state index contributed by atoms with van der Waals surface area (Å²) in [7, 11) is 0. The summed E-state index contributed by atoms with van der Waals surface area (Å²) in [5.41, 5.74) is 0.791. The van der Waals surface area contributed by atoms with Crippen molar-refractivity contribution in [3.8, 4) is 5.75 Å². The highest BCUT2D eigenvalue weighted by molar-refractivity contribution is 7.10. The number of aromatic hydroxyl groups is 1. The highest BCUT2D eigenvalue weighted by Gasteiger charge is 2.28. The molecule has 1 aromatic carbocycles. The SMILES string of the molecule is CC1CC[NH+]([C@H](CN=Cc2ccccc2O)c2cccs2)CC1. The normalized spacial score (nSPS) is 23.2. The van der Waals surface area contributed by atoms with Gasteiger partial charge < -0.3 is 10.0 Å². The van der Waals surface area contributed by atoms with Crippen molar-refractivity contribution < 1.29 is 10.0 Å². The van der Waals surface area contributed by atoms with Gasteiger partial charge in [0.15, 0.2) is 0 Å². The first-order valence-corrected chi connectivity index (χ1v) is 9.28. The number of nitrogens with one attached hydrogen (secondary N) is 1. The summed E-state index contributed by atoms with van der Waals surface area (Å²) in [5, 5.41) is 12.0. The van der Waals surface area contributed by atoms with Crippen LogP contribution in [0.15, 0.2) is 46.8 Å². The van der Waals surface area contributed by atoms with E-state index in [4.69, 9.17) is 0 Å². The van der Waals surface area contributed by atoms with E-state index in [0.29, 0.717) is 11.8 Å². The van der Waals surface area contributed by atoms with Gasteiger partial charge in [-0.3, -0.25) is 4.99 Å². The van der Waals surface area contributed by atoms with Crippen LogP contribution in [0.2, 0.25) is 0 Å². The van der Waals surface area contributed by atoms with Gasteiger partial charge in [0.05, 0.1) is 24.5 Å². The number of phenols is 1. The molecule has 0 spiro atoms. The van der Waals surface area contributed by atoms with Crippen molar-refractivity contribution in [1.29, 1.82) is 0 Å². The Balaban J connectivity index is 1.71. The smallest absolute Gasteiger partial charge is 0.142 e. The Hall–Kier alpha value is -1.65. The molecule has 0 radical (unpaired) electrons. The molecular weight excluding hydrogens is 304 g/mol. The molecule has 23 heavy (non-hydrogen) atoms. The predicted molar refractivity (Wildman–Crippen MR) is 96.7 cm³/mol. The minimum absolute atomic E-state index is 0.295. The third-order valence-corrected chi connectivity index (χ3v) is 5.74. The second kappa shape index (κ2) is 7.75. The summed E-state index contributed by atoms with van der Waals surface area (Å²) < 4.78 is 0. The summed E-state index contributed by atoms with van der Waals surface area (Å²) in [6.45, 7) is 5.59. The predicted octanol–water partition coefficient (Wildman–Crippen LogP) is 2.93. The first kappa shape index (κ1) is 16.2. The van der Waals surface area contributed by atoms with Crippen molar-refractivity contribution >= 4 is 17.6 Å². The Labute approximate surface area is 142 Å². The number of benzene rings is 1. The highest BCUT2D eigenvalue weighted by atomic mass is 32.1. The van der Waals surface area contributed by atoms with Crippen LogP contribution in [0.25, 0.3) is 0 Å². The highest BCUT2D eigenvalue weighted by Crippen LogP contribution is 2.19. The van der Waals surface area contributed by atoms with Gasteiger partial charge in [-0.05, 0) is 42.3 Å². The Morgan fingerprint density at radius 2 is 2.04 bits per heavy atom. The number of nitrogens with zero attached hydrogens (tertiary/aromatic N) is 1. The Bertz CT molecular complexity index is 631. The van der Waals surface area contributed by atoms with E-state index < -0.39 is 0 Å². The molecule has 4 heteroatoms. The van der Waals surface area contributed by atoms with Gasteiger partial charge in [0.25, 0.3) is 0 Å². The third-order valence-electron chi connectivity index (χ3n) is 4.75. The minimum Gasteiger partial charge on any atom is -0.507 e. The van der Waals surface area contributed by atoms with Gasteiger partial charge in [-0.15, -0.1) is 11.3 Å². The number of hydrogen-bond donors (Lipinski definition) is 2. The van der Waals surface area contributed by atoms with Gasteiger partial charge in [0.2, 0.25) is 0 Å². The lowest BCUT2D eigenvalue weighted by atomic mass is 9.97. The van der Waals surface area contributed by atoms with Crippen molar-refractivity contribution in [2.75, 3.05) is 19.6 Å². The third kappa shape index (κ3) is 4.21. The van der Waals surface area contributed by atoms with E-state index in [1.807, 2.05) is 35.8 Å². The summed E-state index contributed by atoms with van der Waals surface area (Å²) in [4.78, 5) is 7.73. The molecule has 1 fully saturated rings. The second-order valence-corrected chi connectivity index (χ2v) is 7.44. The zero-order valence-corrected chi connectivity index (χ0v) is 14.4. The molecule has 1 saturated heterocycles. The zero-order valence-electron chi connectivity index (χ0n) is 13.6. The molecule has 1 aromatic heterocycles. The van der Waals surface area contributed by atoms with Crippen LogP contribution < -0.4 is 4.90 Å². The fraction of sp³-hybridized carbons (Fsp3) is 0.421. The Morgan fingerprint density at radius 1 is 1.26 bits per heavy atom. The molecule has 1 aliphatic heterocycles. The van der Waals surface area contributed by atoms with E-state index >= 15 is 0 Å². The first-order chi connectivity index (χ1) is 11.2. The average molecular weight is 329 g/mol.